The molecule has 4 rings (SSSR count). The van der Waals surface area contributed by atoms with Gasteiger partial charge in [0.1, 0.15) is 11.8 Å². The predicted molar refractivity (Wildman–Crippen MR) is 87.1 cm³/mol. The van der Waals surface area contributed by atoms with Gasteiger partial charge in [0.25, 0.3) is 17.5 Å². The van der Waals surface area contributed by atoms with E-state index in [1.54, 1.807) is 0 Å². The van der Waals surface area contributed by atoms with E-state index in [4.69, 9.17) is 4.42 Å². The van der Waals surface area contributed by atoms with Crippen molar-refractivity contribution < 1.29 is 18.9 Å². The molecule has 0 N–H and O–H groups in total. The van der Waals surface area contributed by atoms with Crippen LogP contribution in [0.1, 0.15) is 26.4 Å². The summed E-state index contributed by atoms with van der Waals surface area (Å²) < 4.78 is 5.37. The molecule has 0 spiro atoms. The van der Waals surface area contributed by atoms with Crippen molar-refractivity contribution >= 4 is 28.8 Å². The van der Waals surface area contributed by atoms with E-state index in [0.717, 1.165) is 9.78 Å². The average Bonchev–Trinajstić information content (AvgIpc) is 3.32. The summed E-state index contributed by atoms with van der Waals surface area (Å²) >= 11 is 1.45. The summed E-state index contributed by atoms with van der Waals surface area (Å²) in [6.07, 6.45) is 1.37. The summed E-state index contributed by atoms with van der Waals surface area (Å²) in [4.78, 5) is 41.4. The molecule has 1 aromatic carbocycles. The van der Waals surface area contributed by atoms with Crippen LogP contribution in [0.3, 0.4) is 0 Å². The van der Waals surface area contributed by atoms with E-state index >= 15 is 0 Å². The molecule has 0 radical (unpaired) electrons. The maximum absolute atomic E-state index is 12.5. The van der Waals surface area contributed by atoms with Crippen molar-refractivity contribution in [3.05, 3.63) is 68.9 Å². The number of oxazole rings is 1. The Bertz CT molecular complexity index is 1010. The van der Waals surface area contributed by atoms with Crippen LogP contribution < -0.4 is 0 Å². The fourth-order valence-corrected chi connectivity index (χ4v) is 3.32. The molecular weight excluding hydrogens is 346 g/mol. The smallest absolute Gasteiger partial charge is 0.282 e. The molecule has 0 saturated carbocycles. The van der Waals surface area contributed by atoms with Crippen LogP contribution >= 0.6 is 11.3 Å². The standard InChI is InChI=1S/C16H9N3O5S/c20-15-10-3-1-4-11(19(22)23)13(10)16(21)18(15)7-9-8-24-14(17-9)12-5-2-6-25-12/h1-6,8H,7H2. The van der Waals surface area contributed by atoms with E-state index in [9.17, 15) is 19.7 Å². The lowest BCUT2D eigenvalue weighted by Crippen LogP contribution is -2.29. The minimum atomic E-state index is -0.701. The number of imide groups is 1. The van der Waals surface area contributed by atoms with E-state index in [1.165, 1.54) is 35.8 Å². The number of nitro benzene ring substituents is 1. The molecule has 2 amide bonds. The fraction of sp³-hybridized carbons (Fsp3) is 0.0625. The van der Waals surface area contributed by atoms with E-state index in [2.05, 4.69) is 4.98 Å². The zero-order valence-electron chi connectivity index (χ0n) is 12.5. The molecule has 124 valence electrons. The first-order valence-corrected chi connectivity index (χ1v) is 8.06. The lowest BCUT2D eigenvalue weighted by Gasteiger charge is -2.10. The minimum Gasteiger partial charge on any atom is -0.443 e. The third kappa shape index (κ3) is 2.41. The number of carbonyl (C=O) groups is 2. The van der Waals surface area contributed by atoms with Gasteiger partial charge in [0.15, 0.2) is 0 Å². The number of rotatable bonds is 4. The second-order valence-electron chi connectivity index (χ2n) is 5.27. The largest absolute Gasteiger partial charge is 0.443 e. The van der Waals surface area contributed by atoms with E-state index in [1.807, 2.05) is 17.5 Å². The summed E-state index contributed by atoms with van der Waals surface area (Å²) in [6, 6.07) is 7.69. The van der Waals surface area contributed by atoms with Crippen molar-refractivity contribution in [2.24, 2.45) is 0 Å². The van der Waals surface area contributed by atoms with Crippen LogP contribution in [0.5, 0.6) is 0 Å². The molecule has 0 fully saturated rings. The van der Waals surface area contributed by atoms with Gasteiger partial charge in [-0.15, -0.1) is 11.3 Å². The summed E-state index contributed by atoms with van der Waals surface area (Å²) in [5.74, 6) is -0.884. The highest BCUT2D eigenvalue weighted by Crippen LogP contribution is 2.32. The Balaban J connectivity index is 1.65. The molecular formula is C16H9N3O5S. The van der Waals surface area contributed by atoms with Crippen LogP contribution in [0.2, 0.25) is 0 Å². The van der Waals surface area contributed by atoms with Crippen molar-refractivity contribution in [1.82, 2.24) is 9.88 Å². The number of amides is 2. The molecule has 0 aliphatic carbocycles. The second kappa shape index (κ2) is 5.64. The number of nitro groups is 1. The van der Waals surface area contributed by atoms with Gasteiger partial charge in [-0.2, -0.15) is 0 Å². The number of nitrogens with zero attached hydrogens (tertiary/aromatic N) is 3. The molecule has 0 bridgehead atoms. The van der Waals surface area contributed by atoms with Crippen LogP contribution in [0, 0.1) is 10.1 Å². The van der Waals surface area contributed by atoms with Gasteiger partial charge in [0.05, 0.1) is 27.6 Å². The number of fused-ring (bicyclic) bond motifs is 1. The van der Waals surface area contributed by atoms with Crippen molar-refractivity contribution in [2.45, 2.75) is 6.54 Å². The highest BCUT2D eigenvalue weighted by Gasteiger charge is 2.41. The van der Waals surface area contributed by atoms with Crippen molar-refractivity contribution in [3.63, 3.8) is 0 Å². The van der Waals surface area contributed by atoms with Gasteiger partial charge in [-0.05, 0) is 17.5 Å². The SMILES string of the molecule is O=C1c2cccc([N+](=O)[O-])c2C(=O)N1Cc1coc(-c2cccs2)n1. The highest BCUT2D eigenvalue weighted by molar-refractivity contribution is 7.13. The molecule has 25 heavy (non-hydrogen) atoms. The van der Waals surface area contributed by atoms with Crippen LogP contribution in [0.4, 0.5) is 5.69 Å². The summed E-state index contributed by atoms with van der Waals surface area (Å²) in [7, 11) is 0. The molecule has 0 saturated heterocycles. The molecule has 1 aliphatic heterocycles. The van der Waals surface area contributed by atoms with Crippen LogP contribution in [-0.4, -0.2) is 26.6 Å². The Hall–Kier alpha value is -3.33. The van der Waals surface area contributed by atoms with Crippen LogP contribution in [0.25, 0.3) is 10.8 Å². The third-order valence-corrected chi connectivity index (χ3v) is 4.64. The Labute approximate surface area is 144 Å². The third-order valence-electron chi connectivity index (χ3n) is 3.78. The Morgan fingerprint density at radius 1 is 1.20 bits per heavy atom. The first-order chi connectivity index (χ1) is 12.1. The molecule has 9 heteroatoms. The van der Waals surface area contributed by atoms with Gasteiger partial charge in [-0.25, -0.2) is 4.98 Å². The van der Waals surface area contributed by atoms with Gasteiger partial charge in [-0.3, -0.25) is 24.6 Å². The lowest BCUT2D eigenvalue weighted by molar-refractivity contribution is -0.385. The zero-order chi connectivity index (χ0) is 17.6. The van der Waals surface area contributed by atoms with E-state index in [-0.39, 0.29) is 23.4 Å². The van der Waals surface area contributed by atoms with Crippen LogP contribution in [0.15, 0.2) is 46.4 Å². The number of benzene rings is 1. The van der Waals surface area contributed by atoms with Crippen LogP contribution in [-0.2, 0) is 6.54 Å². The Morgan fingerprint density at radius 2 is 2.04 bits per heavy atom. The first kappa shape index (κ1) is 15.2. The maximum atomic E-state index is 12.5. The predicted octanol–water partition coefficient (Wildman–Crippen LogP) is 3.11. The normalized spacial score (nSPS) is 13.4. The first-order valence-electron chi connectivity index (χ1n) is 7.18. The van der Waals surface area contributed by atoms with Gasteiger partial charge in [0.2, 0.25) is 5.89 Å². The Morgan fingerprint density at radius 3 is 2.76 bits per heavy atom. The molecule has 8 nitrogen and oxygen atoms in total. The number of carbonyl (C=O) groups excluding carboxylic acids is 2. The van der Waals surface area contributed by atoms with Gasteiger partial charge < -0.3 is 4.42 Å². The topological polar surface area (TPSA) is 107 Å². The molecule has 2 aromatic heterocycles. The van der Waals surface area contributed by atoms with E-state index < -0.39 is 16.7 Å². The summed E-state index contributed by atoms with van der Waals surface area (Å²) in [5, 5.41) is 13.0. The number of hydrogen-bond acceptors (Lipinski definition) is 7. The fourth-order valence-electron chi connectivity index (χ4n) is 2.67. The monoisotopic (exact) mass is 355 g/mol. The Kier molecular flexibility index (Phi) is 3.43. The van der Waals surface area contributed by atoms with E-state index in [0.29, 0.717) is 11.6 Å². The summed E-state index contributed by atoms with van der Waals surface area (Å²) in [5.41, 5.74) is -0.140. The van der Waals surface area contributed by atoms with Crippen molar-refractivity contribution in [3.8, 4) is 10.8 Å². The maximum Gasteiger partial charge on any atom is 0.282 e. The number of aromatic nitrogens is 1. The van der Waals surface area contributed by atoms with Gasteiger partial charge in [0, 0.05) is 6.07 Å². The highest BCUT2D eigenvalue weighted by atomic mass is 32.1. The van der Waals surface area contributed by atoms with Gasteiger partial charge >= 0.3 is 0 Å². The van der Waals surface area contributed by atoms with Crippen molar-refractivity contribution in [1.29, 1.82) is 0 Å². The zero-order valence-corrected chi connectivity index (χ0v) is 13.4. The molecule has 0 unspecified atom stereocenters. The molecule has 1 aliphatic rings. The van der Waals surface area contributed by atoms with Crippen molar-refractivity contribution in [2.75, 3.05) is 0 Å². The molecule has 0 atom stereocenters. The summed E-state index contributed by atoms with van der Waals surface area (Å²) in [6.45, 7) is -0.113. The number of thiophene rings is 1. The average molecular weight is 355 g/mol. The second-order valence-corrected chi connectivity index (χ2v) is 6.22. The minimum absolute atomic E-state index is 0.0289. The van der Waals surface area contributed by atoms with Gasteiger partial charge in [-0.1, -0.05) is 12.1 Å². The lowest BCUT2D eigenvalue weighted by atomic mass is 10.1. The molecule has 3 aromatic rings. The quantitative estimate of drug-likeness (QED) is 0.404. The number of hydrogen-bond donors (Lipinski definition) is 0. The molecule has 3 heterocycles.